The van der Waals surface area contributed by atoms with Crippen molar-refractivity contribution in [1.82, 2.24) is 5.32 Å². The molecule has 0 aromatic heterocycles. The summed E-state index contributed by atoms with van der Waals surface area (Å²) >= 11 is 0. The summed E-state index contributed by atoms with van der Waals surface area (Å²) in [6.45, 7) is 6.76. The molecule has 0 heterocycles. The van der Waals surface area contributed by atoms with E-state index >= 15 is 0 Å². The molecule has 1 rings (SSSR count). The standard InChI is InChI=1S/C10H22N2/c1-9(11)4-3-7-12-8-10(2)5-6-10/h9,12H,3-8,11H2,1-2H3. The van der Waals surface area contributed by atoms with Crippen LogP contribution in [0.5, 0.6) is 0 Å². The molecular formula is C10H22N2. The number of nitrogens with one attached hydrogen (secondary N) is 1. The maximum atomic E-state index is 5.64. The highest BCUT2D eigenvalue weighted by Gasteiger charge is 2.36. The molecule has 0 amide bonds. The molecule has 0 saturated heterocycles. The molecule has 0 radical (unpaired) electrons. The van der Waals surface area contributed by atoms with E-state index in [1.165, 1.54) is 25.8 Å². The lowest BCUT2D eigenvalue weighted by Crippen LogP contribution is -2.24. The summed E-state index contributed by atoms with van der Waals surface area (Å²) in [4.78, 5) is 0. The van der Waals surface area contributed by atoms with E-state index in [1.54, 1.807) is 0 Å². The average molecular weight is 170 g/mol. The Balaban J connectivity index is 1.83. The Hall–Kier alpha value is -0.0800. The van der Waals surface area contributed by atoms with Gasteiger partial charge < -0.3 is 11.1 Å². The lowest BCUT2D eigenvalue weighted by atomic mass is 10.1. The van der Waals surface area contributed by atoms with Crippen LogP contribution in [-0.4, -0.2) is 19.1 Å². The van der Waals surface area contributed by atoms with E-state index in [2.05, 4.69) is 19.2 Å². The van der Waals surface area contributed by atoms with E-state index in [0.717, 1.165) is 13.0 Å². The first kappa shape index (κ1) is 10.0. The van der Waals surface area contributed by atoms with E-state index in [-0.39, 0.29) is 0 Å². The second-order valence-electron chi connectivity index (χ2n) is 4.61. The van der Waals surface area contributed by atoms with Crippen molar-refractivity contribution in [2.45, 2.75) is 45.6 Å². The molecule has 72 valence electrons. The highest BCUT2D eigenvalue weighted by Crippen LogP contribution is 2.43. The quantitative estimate of drug-likeness (QED) is 0.593. The maximum Gasteiger partial charge on any atom is 0.00109 e. The van der Waals surface area contributed by atoms with Crippen molar-refractivity contribution in [3.05, 3.63) is 0 Å². The van der Waals surface area contributed by atoms with Gasteiger partial charge in [-0.25, -0.2) is 0 Å². The molecule has 2 heteroatoms. The van der Waals surface area contributed by atoms with Crippen molar-refractivity contribution in [3.63, 3.8) is 0 Å². The zero-order valence-corrected chi connectivity index (χ0v) is 8.40. The molecule has 0 aromatic rings. The fraction of sp³-hybridized carbons (Fsp3) is 1.00. The predicted molar refractivity (Wildman–Crippen MR) is 53.1 cm³/mol. The highest BCUT2D eigenvalue weighted by molar-refractivity contribution is 4.90. The zero-order valence-electron chi connectivity index (χ0n) is 8.40. The normalized spacial score (nSPS) is 22.2. The lowest BCUT2D eigenvalue weighted by molar-refractivity contribution is 0.483. The first-order valence-electron chi connectivity index (χ1n) is 5.09. The van der Waals surface area contributed by atoms with Crippen LogP contribution in [0, 0.1) is 5.41 Å². The third kappa shape index (κ3) is 4.07. The second kappa shape index (κ2) is 4.24. The van der Waals surface area contributed by atoms with E-state index in [4.69, 9.17) is 5.73 Å². The summed E-state index contributed by atoms with van der Waals surface area (Å²) in [6.07, 6.45) is 5.18. The molecule has 12 heavy (non-hydrogen) atoms. The molecule has 2 nitrogen and oxygen atoms in total. The minimum absolute atomic E-state index is 0.364. The minimum Gasteiger partial charge on any atom is -0.328 e. The molecule has 1 fully saturated rings. The van der Waals surface area contributed by atoms with E-state index in [9.17, 15) is 0 Å². The van der Waals surface area contributed by atoms with Gasteiger partial charge in [0.05, 0.1) is 0 Å². The van der Waals surface area contributed by atoms with E-state index in [1.807, 2.05) is 0 Å². The fourth-order valence-electron chi connectivity index (χ4n) is 1.33. The maximum absolute atomic E-state index is 5.64. The van der Waals surface area contributed by atoms with Gasteiger partial charge in [0, 0.05) is 12.6 Å². The van der Waals surface area contributed by atoms with Gasteiger partial charge in [0.1, 0.15) is 0 Å². The molecule has 1 unspecified atom stereocenters. The molecule has 1 aliphatic carbocycles. The fourth-order valence-corrected chi connectivity index (χ4v) is 1.33. The first-order valence-corrected chi connectivity index (χ1v) is 5.09. The Labute approximate surface area is 75.9 Å². The summed E-state index contributed by atoms with van der Waals surface area (Å²) < 4.78 is 0. The lowest BCUT2D eigenvalue weighted by Gasteiger charge is -2.10. The Bertz CT molecular complexity index is 128. The van der Waals surface area contributed by atoms with Gasteiger partial charge >= 0.3 is 0 Å². The molecule has 1 aliphatic rings. The largest absolute Gasteiger partial charge is 0.328 e. The summed E-state index contributed by atoms with van der Waals surface area (Å²) in [5.41, 5.74) is 6.29. The van der Waals surface area contributed by atoms with Gasteiger partial charge in [0.25, 0.3) is 0 Å². The van der Waals surface area contributed by atoms with Crippen molar-refractivity contribution in [2.24, 2.45) is 11.1 Å². The van der Waals surface area contributed by atoms with Gasteiger partial charge in [-0.2, -0.15) is 0 Å². The number of rotatable bonds is 6. The Kier molecular flexibility index (Phi) is 3.53. The van der Waals surface area contributed by atoms with Crippen LogP contribution in [0.1, 0.15) is 39.5 Å². The van der Waals surface area contributed by atoms with Crippen LogP contribution in [-0.2, 0) is 0 Å². The minimum atomic E-state index is 0.364. The van der Waals surface area contributed by atoms with Crippen molar-refractivity contribution in [1.29, 1.82) is 0 Å². The molecule has 0 aromatic carbocycles. The molecule has 0 spiro atoms. The SMILES string of the molecule is CC(N)CCCNCC1(C)CC1. The smallest absolute Gasteiger partial charge is 0.00109 e. The van der Waals surface area contributed by atoms with Crippen LogP contribution < -0.4 is 11.1 Å². The molecule has 1 saturated carbocycles. The molecule has 0 bridgehead atoms. The van der Waals surface area contributed by atoms with Crippen LogP contribution >= 0.6 is 0 Å². The third-order valence-electron chi connectivity index (χ3n) is 2.67. The van der Waals surface area contributed by atoms with Gasteiger partial charge in [-0.1, -0.05) is 6.92 Å². The van der Waals surface area contributed by atoms with Gasteiger partial charge in [-0.15, -0.1) is 0 Å². The highest BCUT2D eigenvalue weighted by atomic mass is 14.9. The van der Waals surface area contributed by atoms with Crippen molar-refractivity contribution >= 4 is 0 Å². The van der Waals surface area contributed by atoms with E-state index in [0.29, 0.717) is 11.5 Å². The van der Waals surface area contributed by atoms with Crippen molar-refractivity contribution < 1.29 is 0 Å². The number of nitrogens with two attached hydrogens (primary N) is 1. The summed E-state index contributed by atoms with van der Waals surface area (Å²) in [5.74, 6) is 0. The first-order chi connectivity index (χ1) is 5.62. The summed E-state index contributed by atoms with van der Waals surface area (Å²) in [5, 5.41) is 3.49. The third-order valence-corrected chi connectivity index (χ3v) is 2.67. The van der Waals surface area contributed by atoms with Gasteiger partial charge in [0.2, 0.25) is 0 Å². The zero-order chi connectivity index (χ0) is 9.03. The van der Waals surface area contributed by atoms with Crippen LogP contribution in [0.25, 0.3) is 0 Å². The molecule has 3 N–H and O–H groups in total. The predicted octanol–water partition coefficient (Wildman–Crippen LogP) is 1.50. The molecular weight excluding hydrogens is 148 g/mol. The molecule has 0 aliphatic heterocycles. The second-order valence-corrected chi connectivity index (χ2v) is 4.61. The Morgan fingerprint density at radius 3 is 2.67 bits per heavy atom. The van der Waals surface area contributed by atoms with Gasteiger partial charge in [-0.3, -0.25) is 0 Å². The van der Waals surface area contributed by atoms with Crippen LogP contribution in [0.3, 0.4) is 0 Å². The van der Waals surface area contributed by atoms with Gasteiger partial charge in [-0.05, 0) is 44.6 Å². The van der Waals surface area contributed by atoms with E-state index < -0.39 is 0 Å². The monoisotopic (exact) mass is 170 g/mol. The Morgan fingerprint density at radius 2 is 2.17 bits per heavy atom. The van der Waals surface area contributed by atoms with Crippen molar-refractivity contribution in [3.8, 4) is 0 Å². The number of hydrogen-bond acceptors (Lipinski definition) is 2. The number of hydrogen-bond donors (Lipinski definition) is 2. The van der Waals surface area contributed by atoms with Crippen LogP contribution in [0.2, 0.25) is 0 Å². The van der Waals surface area contributed by atoms with Crippen LogP contribution in [0.4, 0.5) is 0 Å². The summed E-state index contributed by atoms with van der Waals surface area (Å²) in [7, 11) is 0. The average Bonchev–Trinajstić information content (AvgIpc) is 2.67. The Morgan fingerprint density at radius 1 is 1.50 bits per heavy atom. The summed E-state index contributed by atoms with van der Waals surface area (Å²) in [6, 6.07) is 0.364. The molecule has 1 atom stereocenters. The van der Waals surface area contributed by atoms with Crippen LogP contribution in [0.15, 0.2) is 0 Å². The topological polar surface area (TPSA) is 38.0 Å². The van der Waals surface area contributed by atoms with Crippen molar-refractivity contribution in [2.75, 3.05) is 13.1 Å². The van der Waals surface area contributed by atoms with Gasteiger partial charge in [0.15, 0.2) is 0 Å².